The van der Waals surface area contributed by atoms with E-state index in [1.54, 1.807) is 0 Å². The monoisotopic (exact) mass is 414 g/mol. The van der Waals surface area contributed by atoms with E-state index in [9.17, 15) is 4.79 Å². The lowest BCUT2D eigenvalue weighted by molar-refractivity contribution is 0.0752. The lowest BCUT2D eigenvalue weighted by Crippen LogP contribution is -2.48. The van der Waals surface area contributed by atoms with Crippen molar-refractivity contribution in [3.8, 4) is 5.75 Å². The lowest BCUT2D eigenvalue weighted by atomic mass is 10.2. The standard InChI is InChI=1S/C22H23ClN2O2S/c1-3-27-18-7-5-4-6-17(18)24-10-12-25(13-11-24)22(26)21-20(23)16-9-8-15(2)14-19(16)28-21/h4-9,14H,3,10-13H2,1-2H3. The first-order chi connectivity index (χ1) is 13.6. The summed E-state index contributed by atoms with van der Waals surface area (Å²) in [5.41, 5.74) is 2.26. The van der Waals surface area contributed by atoms with Gasteiger partial charge in [-0.3, -0.25) is 4.79 Å². The molecule has 146 valence electrons. The molecule has 3 aromatic rings. The summed E-state index contributed by atoms with van der Waals surface area (Å²) in [7, 11) is 0. The summed E-state index contributed by atoms with van der Waals surface area (Å²) in [6.07, 6.45) is 0. The maximum Gasteiger partial charge on any atom is 0.265 e. The van der Waals surface area contributed by atoms with Crippen LogP contribution in [0.15, 0.2) is 42.5 Å². The second-order valence-electron chi connectivity index (χ2n) is 6.92. The van der Waals surface area contributed by atoms with E-state index in [0.29, 0.717) is 29.6 Å². The van der Waals surface area contributed by atoms with Crippen LogP contribution in [0.3, 0.4) is 0 Å². The van der Waals surface area contributed by atoms with Crippen molar-refractivity contribution in [1.29, 1.82) is 0 Å². The number of para-hydroxylation sites is 2. The molecule has 0 radical (unpaired) electrons. The maximum atomic E-state index is 13.1. The number of carbonyl (C=O) groups excluding carboxylic acids is 1. The van der Waals surface area contributed by atoms with Crippen molar-refractivity contribution in [2.24, 2.45) is 0 Å². The van der Waals surface area contributed by atoms with E-state index in [0.717, 1.165) is 34.6 Å². The fourth-order valence-corrected chi connectivity index (χ4v) is 5.18. The van der Waals surface area contributed by atoms with Crippen molar-refractivity contribution in [3.63, 3.8) is 0 Å². The van der Waals surface area contributed by atoms with Crippen LogP contribution in [0.4, 0.5) is 5.69 Å². The number of hydrogen-bond acceptors (Lipinski definition) is 4. The summed E-state index contributed by atoms with van der Waals surface area (Å²) >= 11 is 8.03. The molecule has 0 unspecified atom stereocenters. The van der Waals surface area contributed by atoms with E-state index in [1.165, 1.54) is 16.9 Å². The van der Waals surface area contributed by atoms with Gasteiger partial charge in [0.15, 0.2) is 0 Å². The molecule has 0 N–H and O–H groups in total. The van der Waals surface area contributed by atoms with Crippen LogP contribution in [-0.2, 0) is 0 Å². The molecular weight excluding hydrogens is 392 g/mol. The zero-order valence-corrected chi connectivity index (χ0v) is 17.6. The zero-order chi connectivity index (χ0) is 19.7. The van der Waals surface area contributed by atoms with Crippen molar-refractivity contribution in [2.45, 2.75) is 13.8 Å². The van der Waals surface area contributed by atoms with Gasteiger partial charge in [0.05, 0.1) is 17.3 Å². The Hall–Kier alpha value is -2.24. The number of benzene rings is 2. The highest BCUT2D eigenvalue weighted by molar-refractivity contribution is 7.21. The Balaban J connectivity index is 1.50. The number of halogens is 1. The van der Waals surface area contributed by atoms with E-state index in [2.05, 4.69) is 17.0 Å². The van der Waals surface area contributed by atoms with Crippen LogP contribution in [0, 0.1) is 6.92 Å². The molecule has 28 heavy (non-hydrogen) atoms. The van der Waals surface area contributed by atoms with Gasteiger partial charge in [-0.1, -0.05) is 35.9 Å². The number of carbonyl (C=O) groups is 1. The highest BCUT2D eigenvalue weighted by atomic mass is 35.5. The lowest BCUT2D eigenvalue weighted by Gasteiger charge is -2.36. The molecule has 0 atom stereocenters. The highest BCUT2D eigenvalue weighted by Crippen LogP contribution is 2.37. The number of thiophene rings is 1. The molecule has 0 spiro atoms. The molecule has 4 rings (SSSR count). The second kappa shape index (κ2) is 8.02. The van der Waals surface area contributed by atoms with Gasteiger partial charge in [-0.05, 0) is 37.6 Å². The summed E-state index contributed by atoms with van der Waals surface area (Å²) in [6.45, 7) is 7.57. The maximum absolute atomic E-state index is 13.1. The Morgan fingerprint density at radius 3 is 2.64 bits per heavy atom. The van der Waals surface area contributed by atoms with E-state index in [1.807, 2.05) is 49.1 Å². The molecule has 1 aliphatic rings. The van der Waals surface area contributed by atoms with E-state index < -0.39 is 0 Å². The number of ether oxygens (including phenoxy) is 1. The van der Waals surface area contributed by atoms with Crippen molar-refractivity contribution in [1.82, 2.24) is 4.90 Å². The molecular formula is C22H23ClN2O2S. The molecule has 4 nitrogen and oxygen atoms in total. The Bertz CT molecular complexity index is 1010. The van der Waals surface area contributed by atoms with Gasteiger partial charge in [0.1, 0.15) is 10.6 Å². The van der Waals surface area contributed by atoms with Gasteiger partial charge in [-0.2, -0.15) is 0 Å². The molecule has 0 aliphatic carbocycles. The predicted octanol–water partition coefficient (Wildman–Crippen LogP) is 5.22. The van der Waals surface area contributed by atoms with E-state index >= 15 is 0 Å². The smallest absolute Gasteiger partial charge is 0.265 e. The summed E-state index contributed by atoms with van der Waals surface area (Å²) in [4.78, 5) is 17.9. The van der Waals surface area contributed by atoms with Gasteiger partial charge >= 0.3 is 0 Å². The minimum atomic E-state index is 0.0293. The Morgan fingerprint density at radius 2 is 1.89 bits per heavy atom. The van der Waals surface area contributed by atoms with Crippen LogP contribution in [0.25, 0.3) is 10.1 Å². The van der Waals surface area contributed by atoms with Crippen LogP contribution in [-0.4, -0.2) is 43.6 Å². The molecule has 6 heteroatoms. The topological polar surface area (TPSA) is 32.8 Å². The summed E-state index contributed by atoms with van der Waals surface area (Å²) in [5, 5.41) is 1.54. The number of anilines is 1. The molecule has 0 saturated carbocycles. The first-order valence-corrected chi connectivity index (χ1v) is 10.7. The number of rotatable bonds is 4. The third kappa shape index (κ3) is 3.56. The predicted molar refractivity (Wildman–Crippen MR) is 117 cm³/mol. The second-order valence-corrected chi connectivity index (χ2v) is 8.35. The first kappa shape index (κ1) is 19.1. The van der Waals surface area contributed by atoms with Crippen LogP contribution in [0.1, 0.15) is 22.2 Å². The minimum Gasteiger partial charge on any atom is -0.492 e. The quantitative estimate of drug-likeness (QED) is 0.586. The normalized spacial score (nSPS) is 14.5. The third-order valence-electron chi connectivity index (χ3n) is 5.05. The summed E-state index contributed by atoms with van der Waals surface area (Å²) in [6, 6.07) is 14.2. The number of nitrogens with zero attached hydrogens (tertiary/aromatic N) is 2. The molecule has 2 aromatic carbocycles. The largest absolute Gasteiger partial charge is 0.492 e. The minimum absolute atomic E-state index is 0.0293. The summed E-state index contributed by atoms with van der Waals surface area (Å²) in [5.74, 6) is 0.925. The molecule has 1 amide bonds. The third-order valence-corrected chi connectivity index (χ3v) is 6.70. The van der Waals surface area contributed by atoms with Crippen LogP contribution >= 0.6 is 22.9 Å². The molecule has 0 bridgehead atoms. The number of piperazine rings is 1. The van der Waals surface area contributed by atoms with Gasteiger partial charge in [0.2, 0.25) is 0 Å². The fourth-order valence-electron chi connectivity index (χ4n) is 3.60. The Kier molecular flexibility index (Phi) is 5.47. The van der Waals surface area contributed by atoms with E-state index in [4.69, 9.17) is 16.3 Å². The molecule has 1 aliphatic heterocycles. The average molecular weight is 415 g/mol. The average Bonchev–Trinajstić information content (AvgIpc) is 3.04. The van der Waals surface area contributed by atoms with Crippen molar-refractivity contribution in [2.75, 3.05) is 37.7 Å². The van der Waals surface area contributed by atoms with Gasteiger partial charge < -0.3 is 14.5 Å². The summed E-state index contributed by atoms with van der Waals surface area (Å²) < 4.78 is 6.82. The van der Waals surface area contributed by atoms with Crippen LogP contribution in [0.5, 0.6) is 5.75 Å². The van der Waals surface area contributed by atoms with Crippen molar-refractivity contribution < 1.29 is 9.53 Å². The van der Waals surface area contributed by atoms with Crippen LogP contribution in [0.2, 0.25) is 5.02 Å². The Morgan fingerprint density at radius 1 is 1.14 bits per heavy atom. The van der Waals surface area contributed by atoms with Crippen LogP contribution < -0.4 is 9.64 Å². The van der Waals surface area contributed by atoms with E-state index in [-0.39, 0.29) is 5.91 Å². The van der Waals surface area contributed by atoms with Gasteiger partial charge in [-0.15, -0.1) is 11.3 Å². The van der Waals surface area contributed by atoms with Crippen molar-refractivity contribution in [3.05, 3.63) is 57.9 Å². The Labute approximate surface area is 174 Å². The zero-order valence-electron chi connectivity index (χ0n) is 16.1. The molecule has 1 aromatic heterocycles. The number of fused-ring (bicyclic) bond motifs is 1. The van der Waals surface area contributed by atoms with Gasteiger partial charge in [-0.25, -0.2) is 0 Å². The molecule has 1 saturated heterocycles. The molecule has 2 heterocycles. The molecule has 1 fully saturated rings. The van der Waals surface area contributed by atoms with Gasteiger partial charge in [0, 0.05) is 36.3 Å². The number of amides is 1. The highest BCUT2D eigenvalue weighted by Gasteiger charge is 2.27. The SMILES string of the molecule is CCOc1ccccc1N1CCN(C(=O)c2sc3cc(C)ccc3c2Cl)CC1. The van der Waals surface area contributed by atoms with Crippen molar-refractivity contribution >= 4 is 44.6 Å². The number of aryl methyl sites for hydroxylation is 1. The fraction of sp³-hybridized carbons (Fsp3) is 0.318. The number of hydrogen-bond donors (Lipinski definition) is 0. The first-order valence-electron chi connectivity index (χ1n) is 9.53. The van der Waals surface area contributed by atoms with Gasteiger partial charge in [0.25, 0.3) is 5.91 Å².